The zero-order valence-electron chi connectivity index (χ0n) is 23.1. The minimum absolute atomic E-state index is 0.140. The minimum Gasteiger partial charge on any atom is -0.491 e. The van der Waals surface area contributed by atoms with Crippen molar-refractivity contribution < 1.29 is 19.4 Å². The lowest BCUT2D eigenvalue weighted by Gasteiger charge is -2.33. The van der Waals surface area contributed by atoms with Crippen LogP contribution in [-0.2, 0) is 18.3 Å². The summed E-state index contributed by atoms with van der Waals surface area (Å²) in [6.07, 6.45) is 5.95. The average molecular weight is 520 g/mol. The molecule has 1 aromatic heterocycles. The first-order valence-corrected chi connectivity index (χ1v) is 13.9. The topological polar surface area (TPSA) is 84.8 Å². The van der Waals surface area contributed by atoms with E-state index in [1.54, 1.807) is 12.1 Å². The third-order valence-corrected chi connectivity index (χ3v) is 8.45. The van der Waals surface area contributed by atoms with Gasteiger partial charge in [-0.25, -0.2) is 0 Å². The first-order valence-electron chi connectivity index (χ1n) is 13.9. The molecule has 0 unspecified atom stereocenters. The van der Waals surface area contributed by atoms with Crippen LogP contribution in [0, 0.1) is 13.8 Å². The molecular formula is C31H41N3O4. The molecular weight excluding hydrogens is 478 g/mol. The number of amides is 1. The number of hydrogen-bond donors (Lipinski definition) is 3. The number of carbonyl (C=O) groups is 1. The Hall–Kier alpha value is -2.87. The highest BCUT2D eigenvalue weighted by molar-refractivity contribution is 6.06. The summed E-state index contributed by atoms with van der Waals surface area (Å²) < 4.78 is 13.7. The molecule has 2 aromatic carbocycles. The van der Waals surface area contributed by atoms with E-state index in [1.807, 2.05) is 25.1 Å². The Kier molecular flexibility index (Phi) is 7.80. The maximum Gasteiger partial charge on any atom is 0.255 e. The highest BCUT2D eigenvalue weighted by Crippen LogP contribution is 2.33. The van der Waals surface area contributed by atoms with Gasteiger partial charge in [0.2, 0.25) is 0 Å². The van der Waals surface area contributed by atoms with Gasteiger partial charge in [0.15, 0.2) is 0 Å². The average Bonchev–Trinajstić information content (AvgIpc) is 3.51. The lowest BCUT2D eigenvalue weighted by molar-refractivity contribution is 0.0139. The molecule has 1 amide bonds. The second-order valence-corrected chi connectivity index (χ2v) is 11.3. The van der Waals surface area contributed by atoms with Gasteiger partial charge < -0.3 is 29.8 Å². The maximum absolute atomic E-state index is 13.1. The van der Waals surface area contributed by atoms with Crippen molar-refractivity contribution in [2.75, 3.05) is 18.5 Å². The normalized spacial score (nSPS) is 23.6. The molecule has 1 saturated carbocycles. The lowest BCUT2D eigenvalue weighted by atomic mass is 9.83. The van der Waals surface area contributed by atoms with Crippen molar-refractivity contribution in [3.8, 4) is 5.75 Å². The van der Waals surface area contributed by atoms with Gasteiger partial charge in [-0.2, -0.15) is 0 Å². The van der Waals surface area contributed by atoms with Crippen molar-refractivity contribution in [3.63, 3.8) is 0 Å². The van der Waals surface area contributed by atoms with E-state index in [4.69, 9.17) is 9.47 Å². The van der Waals surface area contributed by atoms with Crippen LogP contribution in [0.1, 0.15) is 72.6 Å². The summed E-state index contributed by atoms with van der Waals surface area (Å²) in [6.45, 7) is 8.32. The number of aliphatic hydroxyl groups is 1. The van der Waals surface area contributed by atoms with Crippen LogP contribution in [0.5, 0.6) is 5.75 Å². The number of aromatic nitrogens is 1. The fourth-order valence-electron chi connectivity index (χ4n) is 5.91. The molecule has 0 radical (unpaired) electrons. The number of aryl methyl sites for hydroxylation is 3. The molecule has 3 aromatic rings. The van der Waals surface area contributed by atoms with Gasteiger partial charge in [0.05, 0.1) is 17.2 Å². The first-order chi connectivity index (χ1) is 18.2. The molecule has 0 bridgehead atoms. The Morgan fingerprint density at radius 2 is 1.84 bits per heavy atom. The number of nitrogens with one attached hydrogen (secondary N) is 2. The molecule has 7 heteroatoms. The molecule has 0 spiro atoms. The van der Waals surface area contributed by atoms with E-state index in [2.05, 4.69) is 42.2 Å². The third-order valence-electron chi connectivity index (χ3n) is 8.45. The lowest BCUT2D eigenvalue weighted by Crippen LogP contribution is -2.39. The smallest absolute Gasteiger partial charge is 0.255 e. The molecule has 2 aliphatic rings. The van der Waals surface area contributed by atoms with Crippen LogP contribution in [0.2, 0.25) is 0 Å². The summed E-state index contributed by atoms with van der Waals surface area (Å²) in [7, 11) is 2.10. The SMILES string of the molecule is Cc1c(CN[C@H]2CC[C@](C)(O)CC2)n(C)c2c(C)c(NC(=O)c3ccc(OC[C@@H]4CCCO4)cc3)ccc12. The molecule has 38 heavy (non-hydrogen) atoms. The molecule has 2 heterocycles. The third kappa shape index (κ3) is 5.75. The van der Waals surface area contributed by atoms with Gasteiger partial charge in [-0.05, 0) is 101 Å². The number of rotatable bonds is 8. The summed E-state index contributed by atoms with van der Waals surface area (Å²) in [6, 6.07) is 11.8. The van der Waals surface area contributed by atoms with Gasteiger partial charge in [-0.15, -0.1) is 0 Å². The van der Waals surface area contributed by atoms with Crippen LogP contribution in [0.4, 0.5) is 5.69 Å². The van der Waals surface area contributed by atoms with E-state index in [9.17, 15) is 9.90 Å². The molecule has 1 aliphatic carbocycles. The van der Waals surface area contributed by atoms with E-state index in [0.717, 1.165) is 74.2 Å². The highest BCUT2D eigenvalue weighted by atomic mass is 16.5. The van der Waals surface area contributed by atoms with E-state index in [1.165, 1.54) is 16.6 Å². The second kappa shape index (κ2) is 11.1. The van der Waals surface area contributed by atoms with Crippen LogP contribution in [0.25, 0.3) is 10.9 Å². The fraction of sp³-hybridized carbons (Fsp3) is 0.516. The Balaban J connectivity index is 1.25. The summed E-state index contributed by atoms with van der Waals surface area (Å²) in [5, 5.41) is 18.3. The monoisotopic (exact) mass is 519 g/mol. The Morgan fingerprint density at radius 3 is 2.53 bits per heavy atom. The van der Waals surface area contributed by atoms with Crippen molar-refractivity contribution in [2.24, 2.45) is 7.05 Å². The van der Waals surface area contributed by atoms with Gasteiger partial charge in [-0.1, -0.05) is 6.07 Å². The largest absolute Gasteiger partial charge is 0.491 e. The van der Waals surface area contributed by atoms with Gasteiger partial charge >= 0.3 is 0 Å². The Bertz CT molecular complexity index is 1280. The molecule has 1 aliphatic heterocycles. The van der Waals surface area contributed by atoms with Crippen molar-refractivity contribution in [1.82, 2.24) is 9.88 Å². The zero-order valence-corrected chi connectivity index (χ0v) is 23.1. The van der Waals surface area contributed by atoms with Crippen LogP contribution < -0.4 is 15.4 Å². The van der Waals surface area contributed by atoms with Crippen LogP contribution >= 0.6 is 0 Å². The van der Waals surface area contributed by atoms with Crippen molar-refractivity contribution in [3.05, 3.63) is 58.8 Å². The van der Waals surface area contributed by atoms with Gasteiger partial charge in [0.1, 0.15) is 12.4 Å². The van der Waals surface area contributed by atoms with Crippen molar-refractivity contribution >= 4 is 22.5 Å². The number of nitrogens with zero attached hydrogens (tertiary/aromatic N) is 1. The molecule has 1 saturated heterocycles. The van der Waals surface area contributed by atoms with Gasteiger partial charge in [0, 0.05) is 48.6 Å². The molecule has 204 valence electrons. The summed E-state index contributed by atoms with van der Waals surface area (Å²) in [4.78, 5) is 13.1. The summed E-state index contributed by atoms with van der Waals surface area (Å²) >= 11 is 0. The number of ether oxygens (including phenoxy) is 2. The highest BCUT2D eigenvalue weighted by Gasteiger charge is 2.28. The Morgan fingerprint density at radius 1 is 1.11 bits per heavy atom. The molecule has 7 nitrogen and oxygen atoms in total. The van der Waals surface area contributed by atoms with E-state index >= 15 is 0 Å². The second-order valence-electron chi connectivity index (χ2n) is 11.3. The minimum atomic E-state index is -0.522. The first kappa shape index (κ1) is 26.7. The van der Waals surface area contributed by atoms with E-state index in [-0.39, 0.29) is 12.0 Å². The van der Waals surface area contributed by atoms with Gasteiger partial charge in [0.25, 0.3) is 5.91 Å². The number of carbonyl (C=O) groups excluding carboxylic acids is 1. The standard InChI is InChI=1S/C31H41N3O4/c1-20-26-11-12-27(33-30(35)22-7-9-24(10-8-22)38-19-25-6-5-17-37-25)21(2)29(26)34(4)28(20)18-32-23-13-15-31(3,36)16-14-23/h7-12,23,25,32,36H,5-6,13-19H2,1-4H3,(H,33,35)/t23-,25-,31-/m0/s1. The quantitative estimate of drug-likeness (QED) is 0.372. The molecule has 3 N–H and O–H groups in total. The predicted octanol–water partition coefficient (Wildman–Crippen LogP) is 5.39. The van der Waals surface area contributed by atoms with Crippen LogP contribution in [-0.4, -0.2) is 46.5 Å². The van der Waals surface area contributed by atoms with Crippen LogP contribution in [0.15, 0.2) is 36.4 Å². The summed E-state index contributed by atoms with van der Waals surface area (Å²) in [5.41, 5.74) is 5.59. The molecule has 5 rings (SSSR count). The Labute approximate surface area is 225 Å². The van der Waals surface area contributed by atoms with Crippen LogP contribution in [0.3, 0.4) is 0 Å². The number of anilines is 1. The zero-order chi connectivity index (χ0) is 26.9. The number of fused-ring (bicyclic) bond motifs is 1. The summed E-state index contributed by atoms with van der Waals surface area (Å²) in [5.74, 6) is 0.604. The van der Waals surface area contributed by atoms with Crippen molar-refractivity contribution in [2.45, 2.75) is 83.6 Å². The van der Waals surface area contributed by atoms with E-state index < -0.39 is 5.60 Å². The predicted molar refractivity (Wildman–Crippen MR) is 151 cm³/mol. The maximum atomic E-state index is 13.1. The molecule has 1 atom stereocenters. The number of benzene rings is 2. The molecule has 2 fully saturated rings. The number of hydrogen-bond acceptors (Lipinski definition) is 5. The van der Waals surface area contributed by atoms with Gasteiger partial charge in [-0.3, -0.25) is 4.79 Å². The van der Waals surface area contributed by atoms with Crippen molar-refractivity contribution in [1.29, 1.82) is 0 Å². The fourth-order valence-corrected chi connectivity index (χ4v) is 5.91. The van der Waals surface area contributed by atoms with E-state index in [0.29, 0.717) is 18.2 Å².